The quantitative estimate of drug-likeness (QED) is 0.243. The van der Waals surface area contributed by atoms with Crippen molar-refractivity contribution in [3.63, 3.8) is 0 Å². The Morgan fingerprint density at radius 3 is 2.38 bits per heavy atom. The van der Waals surface area contributed by atoms with E-state index in [1.165, 1.54) is 0 Å². The number of hydrogen-bond donors (Lipinski definition) is 3. The minimum absolute atomic E-state index is 0. The van der Waals surface area contributed by atoms with Gasteiger partial charge in [0.1, 0.15) is 11.4 Å². The SMILES string of the molecule is CCNC(=NCc1ccccc1OC)NCCNC(=O)OC(C)(C)C.I. The Labute approximate surface area is 173 Å². The van der Waals surface area contributed by atoms with Gasteiger partial charge in [-0.15, -0.1) is 24.0 Å². The Morgan fingerprint density at radius 2 is 1.77 bits per heavy atom. The lowest BCUT2D eigenvalue weighted by Gasteiger charge is -2.20. The summed E-state index contributed by atoms with van der Waals surface area (Å²) in [6.07, 6.45) is -0.426. The van der Waals surface area contributed by atoms with Gasteiger partial charge in [-0.05, 0) is 33.8 Å². The molecule has 0 fully saturated rings. The van der Waals surface area contributed by atoms with E-state index < -0.39 is 11.7 Å². The van der Waals surface area contributed by atoms with Crippen LogP contribution in [-0.4, -0.2) is 44.4 Å². The van der Waals surface area contributed by atoms with E-state index in [1.807, 2.05) is 52.0 Å². The first-order valence-corrected chi connectivity index (χ1v) is 8.46. The van der Waals surface area contributed by atoms with E-state index in [4.69, 9.17) is 9.47 Å². The molecule has 3 N–H and O–H groups in total. The summed E-state index contributed by atoms with van der Waals surface area (Å²) >= 11 is 0. The number of nitrogens with zero attached hydrogens (tertiary/aromatic N) is 1. The Hall–Kier alpha value is -1.71. The van der Waals surface area contributed by atoms with E-state index in [0.29, 0.717) is 25.6 Å². The van der Waals surface area contributed by atoms with Crippen LogP contribution in [0.1, 0.15) is 33.3 Å². The molecule has 0 atom stereocenters. The highest BCUT2D eigenvalue weighted by atomic mass is 127. The number of carbonyl (C=O) groups is 1. The second kappa shape index (κ2) is 12.6. The van der Waals surface area contributed by atoms with Crippen LogP contribution in [0.4, 0.5) is 4.79 Å². The zero-order valence-corrected chi connectivity index (χ0v) is 18.5. The maximum atomic E-state index is 11.6. The molecule has 0 saturated carbocycles. The van der Waals surface area contributed by atoms with E-state index >= 15 is 0 Å². The van der Waals surface area contributed by atoms with Gasteiger partial charge in [-0.2, -0.15) is 0 Å². The molecule has 0 saturated heterocycles. The highest BCUT2D eigenvalue weighted by molar-refractivity contribution is 14.0. The average molecular weight is 478 g/mol. The van der Waals surface area contributed by atoms with Gasteiger partial charge in [0.2, 0.25) is 0 Å². The Kier molecular flexibility index (Phi) is 11.8. The number of alkyl carbamates (subject to hydrolysis) is 1. The number of aliphatic imine (C=N–C) groups is 1. The number of hydrogen-bond acceptors (Lipinski definition) is 4. The highest BCUT2D eigenvalue weighted by Gasteiger charge is 2.15. The van der Waals surface area contributed by atoms with Gasteiger partial charge in [0.15, 0.2) is 5.96 Å². The summed E-state index contributed by atoms with van der Waals surface area (Å²) in [7, 11) is 1.65. The van der Waals surface area contributed by atoms with E-state index in [0.717, 1.165) is 17.9 Å². The first kappa shape index (κ1) is 24.3. The lowest BCUT2D eigenvalue weighted by atomic mass is 10.2. The molecular formula is C18H31IN4O3. The third-order valence-electron chi connectivity index (χ3n) is 3.03. The number of ether oxygens (including phenoxy) is 2. The molecule has 0 unspecified atom stereocenters. The second-order valence-corrected chi connectivity index (χ2v) is 6.36. The van der Waals surface area contributed by atoms with Crippen molar-refractivity contribution >= 4 is 36.0 Å². The fourth-order valence-corrected chi connectivity index (χ4v) is 2.00. The van der Waals surface area contributed by atoms with E-state index in [9.17, 15) is 4.79 Å². The van der Waals surface area contributed by atoms with Crippen LogP contribution in [0.15, 0.2) is 29.3 Å². The largest absolute Gasteiger partial charge is 0.496 e. The predicted molar refractivity (Wildman–Crippen MR) is 115 cm³/mol. The van der Waals surface area contributed by atoms with Crippen molar-refractivity contribution in [2.24, 2.45) is 4.99 Å². The molecule has 8 heteroatoms. The summed E-state index contributed by atoms with van der Waals surface area (Å²) in [6.45, 7) is 9.72. The first-order valence-electron chi connectivity index (χ1n) is 8.46. The maximum absolute atomic E-state index is 11.6. The number of para-hydroxylation sites is 1. The van der Waals surface area contributed by atoms with Crippen LogP contribution in [0.25, 0.3) is 0 Å². The van der Waals surface area contributed by atoms with Crippen LogP contribution in [0.5, 0.6) is 5.75 Å². The molecule has 0 aliphatic rings. The molecule has 0 aromatic heterocycles. The fraction of sp³-hybridized carbons (Fsp3) is 0.556. The molecule has 26 heavy (non-hydrogen) atoms. The van der Waals surface area contributed by atoms with Gasteiger partial charge in [-0.25, -0.2) is 9.79 Å². The van der Waals surface area contributed by atoms with E-state index in [-0.39, 0.29) is 24.0 Å². The molecule has 1 rings (SSSR count). The predicted octanol–water partition coefficient (Wildman–Crippen LogP) is 2.89. The van der Waals surface area contributed by atoms with Crippen LogP contribution in [-0.2, 0) is 11.3 Å². The summed E-state index contributed by atoms with van der Waals surface area (Å²) in [5.74, 6) is 1.49. The summed E-state index contributed by atoms with van der Waals surface area (Å²) < 4.78 is 10.5. The van der Waals surface area contributed by atoms with E-state index in [2.05, 4.69) is 20.9 Å². The number of rotatable bonds is 7. The van der Waals surface area contributed by atoms with Gasteiger partial charge >= 0.3 is 6.09 Å². The minimum atomic E-state index is -0.497. The molecule has 0 spiro atoms. The Balaban J connectivity index is 0.00000625. The molecule has 0 aliphatic carbocycles. The average Bonchev–Trinajstić information content (AvgIpc) is 2.55. The topological polar surface area (TPSA) is 84.0 Å². The number of benzene rings is 1. The molecule has 0 radical (unpaired) electrons. The monoisotopic (exact) mass is 478 g/mol. The normalized spacial score (nSPS) is 11.2. The number of methoxy groups -OCH3 is 1. The van der Waals surface area contributed by atoms with Crippen LogP contribution >= 0.6 is 24.0 Å². The van der Waals surface area contributed by atoms with Gasteiger partial charge in [0, 0.05) is 25.2 Å². The van der Waals surface area contributed by atoms with Crippen LogP contribution in [0.2, 0.25) is 0 Å². The van der Waals surface area contributed by atoms with Crippen LogP contribution in [0, 0.1) is 0 Å². The molecule has 0 aliphatic heterocycles. The third-order valence-corrected chi connectivity index (χ3v) is 3.03. The van der Waals surface area contributed by atoms with Gasteiger partial charge in [0.05, 0.1) is 13.7 Å². The van der Waals surface area contributed by atoms with Crippen LogP contribution < -0.4 is 20.7 Å². The van der Waals surface area contributed by atoms with Crippen molar-refractivity contribution in [1.82, 2.24) is 16.0 Å². The summed E-state index contributed by atoms with van der Waals surface area (Å²) in [6, 6.07) is 7.78. The van der Waals surface area contributed by atoms with Crippen molar-refractivity contribution in [3.05, 3.63) is 29.8 Å². The Morgan fingerprint density at radius 1 is 1.12 bits per heavy atom. The van der Waals surface area contributed by atoms with Crippen molar-refractivity contribution in [3.8, 4) is 5.75 Å². The maximum Gasteiger partial charge on any atom is 0.407 e. The Bertz CT molecular complexity index is 574. The smallest absolute Gasteiger partial charge is 0.407 e. The van der Waals surface area contributed by atoms with Gasteiger partial charge < -0.3 is 25.4 Å². The summed E-state index contributed by atoms with van der Waals surface area (Å²) in [4.78, 5) is 16.1. The van der Waals surface area contributed by atoms with Gasteiger partial charge in [-0.3, -0.25) is 0 Å². The summed E-state index contributed by atoms with van der Waals surface area (Å²) in [5.41, 5.74) is 0.511. The van der Waals surface area contributed by atoms with Crippen molar-refractivity contribution in [1.29, 1.82) is 0 Å². The van der Waals surface area contributed by atoms with Gasteiger partial charge in [0.25, 0.3) is 0 Å². The zero-order valence-electron chi connectivity index (χ0n) is 16.2. The fourth-order valence-electron chi connectivity index (χ4n) is 2.00. The number of halogens is 1. The first-order chi connectivity index (χ1) is 11.9. The molecule has 7 nitrogen and oxygen atoms in total. The number of guanidine groups is 1. The standard InChI is InChI=1S/C18H30N4O3.HI/c1-6-19-16(20-11-12-21-17(23)25-18(2,3)4)22-13-14-9-7-8-10-15(14)24-5;/h7-10H,6,11-13H2,1-5H3,(H,21,23)(H2,19,20,22);1H. The zero-order chi connectivity index (χ0) is 18.7. The third kappa shape index (κ3) is 10.3. The molecular weight excluding hydrogens is 447 g/mol. The molecule has 148 valence electrons. The van der Waals surface area contributed by atoms with Crippen molar-refractivity contribution in [2.75, 3.05) is 26.7 Å². The highest BCUT2D eigenvalue weighted by Crippen LogP contribution is 2.17. The molecule has 1 aromatic carbocycles. The number of nitrogens with one attached hydrogen (secondary N) is 3. The molecule has 0 bridgehead atoms. The van der Waals surface area contributed by atoms with E-state index in [1.54, 1.807) is 7.11 Å². The van der Waals surface area contributed by atoms with Crippen LogP contribution in [0.3, 0.4) is 0 Å². The number of carbonyl (C=O) groups excluding carboxylic acids is 1. The number of amides is 1. The minimum Gasteiger partial charge on any atom is -0.496 e. The lowest BCUT2D eigenvalue weighted by molar-refractivity contribution is 0.0529. The lowest BCUT2D eigenvalue weighted by Crippen LogP contribution is -2.42. The summed E-state index contributed by atoms with van der Waals surface area (Å²) in [5, 5.41) is 9.05. The van der Waals surface area contributed by atoms with Crippen molar-refractivity contribution < 1.29 is 14.3 Å². The van der Waals surface area contributed by atoms with Gasteiger partial charge in [-0.1, -0.05) is 18.2 Å². The molecule has 1 amide bonds. The second-order valence-electron chi connectivity index (χ2n) is 6.36. The molecule has 0 heterocycles. The molecule has 1 aromatic rings. The van der Waals surface area contributed by atoms with Crippen molar-refractivity contribution in [2.45, 2.75) is 39.8 Å².